The summed E-state index contributed by atoms with van der Waals surface area (Å²) in [4.78, 5) is 16.4. The molecule has 0 aliphatic heterocycles. The summed E-state index contributed by atoms with van der Waals surface area (Å²) in [6.45, 7) is 0. The normalized spacial score (nSPS) is 14.2. The van der Waals surface area contributed by atoms with E-state index in [1.165, 1.54) is 6.42 Å². The van der Waals surface area contributed by atoms with Crippen molar-refractivity contribution in [3.05, 3.63) is 59.4 Å². The number of hydrogen-bond acceptors (Lipinski definition) is 3. The molecule has 1 aliphatic carbocycles. The zero-order chi connectivity index (χ0) is 15.4. The predicted octanol–water partition coefficient (Wildman–Crippen LogP) is 2.96. The largest absolute Gasteiger partial charge is 0.496 e. The number of nitrogens with one attached hydrogen (secondary N) is 1. The molecular formula is C18H20N2O2. The smallest absolute Gasteiger partial charge is 0.253 e. The minimum Gasteiger partial charge on any atom is -0.496 e. The second kappa shape index (κ2) is 6.60. The lowest BCUT2D eigenvalue weighted by molar-refractivity contribution is 0.0916. The van der Waals surface area contributed by atoms with Gasteiger partial charge in [0.15, 0.2) is 0 Å². The molecule has 22 heavy (non-hydrogen) atoms. The molecule has 1 amide bonds. The highest BCUT2D eigenvalue weighted by Crippen LogP contribution is 2.21. The van der Waals surface area contributed by atoms with Crippen LogP contribution in [-0.2, 0) is 6.42 Å². The predicted molar refractivity (Wildman–Crippen MR) is 85.1 cm³/mol. The summed E-state index contributed by atoms with van der Waals surface area (Å²) in [5.41, 5.74) is 2.72. The topological polar surface area (TPSA) is 51.2 Å². The minimum absolute atomic E-state index is 0.0286. The van der Waals surface area contributed by atoms with Crippen LogP contribution in [0.25, 0.3) is 0 Å². The van der Waals surface area contributed by atoms with Gasteiger partial charge in [-0.2, -0.15) is 0 Å². The lowest BCUT2D eigenvalue weighted by atomic mass is 9.93. The maximum Gasteiger partial charge on any atom is 0.253 e. The van der Waals surface area contributed by atoms with Gasteiger partial charge in [0, 0.05) is 24.9 Å². The van der Waals surface area contributed by atoms with E-state index in [9.17, 15) is 4.79 Å². The van der Waals surface area contributed by atoms with Crippen LogP contribution < -0.4 is 10.1 Å². The summed E-state index contributed by atoms with van der Waals surface area (Å²) in [7, 11) is 1.67. The van der Waals surface area contributed by atoms with Gasteiger partial charge in [0.1, 0.15) is 5.75 Å². The van der Waals surface area contributed by atoms with Gasteiger partial charge in [0.05, 0.1) is 12.7 Å². The van der Waals surface area contributed by atoms with Crippen molar-refractivity contribution in [3.63, 3.8) is 0 Å². The third-order valence-electron chi connectivity index (χ3n) is 4.08. The van der Waals surface area contributed by atoms with Gasteiger partial charge in [-0.05, 0) is 42.5 Å². The lowest BCUT2D eigenvalue weighted by Gasteiger charge is -2.26. The summed E-state index contributed by atoms with van der Waals surface area (Å²) in [5, 5.41) is 3.04. The van der Waals surface area contributed by atoms with Gasteiger partial charge in [-0.3, -0.25) is 9.78 Å². The monoisotopic (exact) mass is 296 g/mol. The number of para-hydroxylation sites is 1. The molecule has 1 aliphatic rings. The molecule has 114 valence electrons. The fourth-order valence-corrected chi connectivity index (χ4v) is 2.60. The SMILES string of the molecule is COc1ccccc1Cc1cncc(C(=O)NC2CCC2)c1. The molecule has 1 heterocycles. The molecule has 0 saturated heterocycles. The van der Waals surface area contributed by atoms with E-state index in [1.807, 2.05) is 30.3 Å². The highest BCUT2D eigenvalue weighted by molar-refractivity contribution is 5.94. The van der Waals surface area contributed by atoms with Crippen LogP contribution in [0.1, 0.15) is 40.7 Å². The fraction of sp³-hybridized carbons (Fsp3) is 0.333. The van der Waals surface area contributed by atoms with E-state index in [0.717, 1.165) is 29.7 Å². The summed E-state index contributed by atoms with van der Waals surface area (Å²) in [5.74, 6) is 0.825. The van der Waals surface area contributed by atoms with E-state index in [2.05, 4.69) is 10.3 Å². The van der Waals surface area contributed by atoms with Crippen LogP contribution in [0.3, 0.4) is 0 Å². The Bertz CT molecular complexity index is 666. The van der Waals surface area contributed by atoms with E-state index in [-0.39, 0.29) is 5.91 Å². The molecule has 1 aromatic heterocycles. The molecule has 1 saturated carbocycles. The Kier molecular flexibility index (Phi) is 4.37. The fourth-order valence-electron chi connectivity index (χ4n) is 2.60. The van der Waals surface area contributed by atoms with Crippen LogP contribution in [0.15, 0.2) is 42.7 Å². The summed E-state index contributed by atoms with van der Waals surface area (Å²) < 4.78 is 5.37. The van der Waals surface area contributed by atoms with Crippen LogP contribution in [0.2, 0.25) is 0 Å². The van der Waals surface area contributed by atoms with Crippen molar-refractivity contribution in [2.45, 2.75) is 31.7 Å². The maximum absolute atomic E-state index is 12.2. The Morgan fingerprint density at radius 2 is 2.14 bits per heavy atom. The number of rotatable bonds is 5. The molecular weight excluding hydrogens is 276 g/mol. The lowest BCUT2D eigenvalue weighted by Crippen LogP contribution is -2.39. The van der Waals surface area contributed by atoms with Gasteiger partial charge in [0.2, 0.25) is 0 Å². The Balaban J connectivity index is 1.74. The molecule has 0 spiro atoms. The summed E-state index contributed by atoms with van der Waals surface area (Å²) in [6.07, 6.45) is 7.49. The number of benzene rings is 1. The minimum atomic E-state index is -0.0286. The van der Waals surface area contributed by atoms with E-state index >= 15 is 0 Å². The number of carbonyl (C=O) groups excluding carboxylic acids is 1. The molecule has 2 aromatic rings. The van der Waals surface area contributed by atoms with Crippen molar-refractivity contribution in [1.82, 2.24) is 10.3 Å². The first-order valence-electron chi connectivity index (χ1n) is 7.63. The van der Waals surface area contributed by atoms with E-state index in [0.29, 0.717) is 18.0 Å². The van der Waals surface area contributed by atoms with E-state index < -0.39 is 0 Å². The van der Waals surface area contributed by atoms with Crippen molar-refractivity contribution in [2.75, 3.05) is 7.11 Å². The number of carbonyl (C=O) groups is 1. The molecule has 0 atom stereocenters. The molecule has 1 aromatic carbocycles. The maximum atomic E-state index is 12.2. The molecule has 0 radical (unpaired) electrons. The third kappa shape index (κ3) is 3.27. The van der Waals surface area contributed by atoms with Crippen LogP contribution in [-0.4, -0.2) is 24.0 Å². The zero-order valence-corrected chi connectivity index (χ0v) is 12.7. The number of amides is 1. The van der Waals surface area contributed by atoms with Crippen molar-refractivity contribution in [1.29, 1.82) is 0 Å². The van der Waals surface area contributed by atoms with Crippen LogP contribution in [0.5, 0.6) is 5.75 Å². The first-order valence-corrected chi connectivity index (χ1v) is 7.63. The number of pyridine rings is 1. The molecule has 0 bridgehead atoms. The number of aromatic nitrogens is 1. The molecule has 0 unspecified atom stereocenters. The Labute approximate surface area is 130 Å². The van der Waals surface area contributed by atoms with Crippen molar-refractivity contribution < 1.29 is 9.53 Å². The average Bonchev–Trinajstić information content (AvgIpc) is 2.51. The van der Waals surface area contributed by atoms with Gasteiger partial charge in [-0.25, -0.2) is 0 Å². The van der Waals surface area contributed by atoms with E-state index in [1.54, 1.807) is 19.5 Å². The molecule has 1 N–H and O–H groups in total. The van der Waals surface area contributed by atoms with Gasteiger partial charge < -0.3 is 10.1 Å². The summed E-state index contributed by atoms with van der Waals surface area (Å²) >= 11 is 0. The second-order valence-corrected chi connectivity index (χ2v) is 5.67. The molecule has 4 nitrogen and oxygen atoms in total. The highest BCUT2D eigenvalue weighted by atomic mass is 16.5. The first-order chi connectivity index (χ1) is 10.8. The quantitative estimate of drug-likeness (QED) is 0.923. The number of methoxy groups -OCH3 is 1. The number of nitrogens with zero attached hydrogens (tertiary/aromatic N) is 1. The number of ether oxygens (including phenoxy) is 1. The van der Waals surface area contributed by atoms with Crippen LogP contribution in [0.4, 0.5) is 0 Å². The Hall–Kier alpha value is -2.36. The van der Waals surface area contributed by atoms with Crippen LogP contribution in [0, 0.1) is 0 Å². The van der Waals surface area contributed by atoms with Crippen molar-refractivity contribution in [3.8, 4) is 5.75 Å². The molecule has 3 rings (SSSR count). The Morgan fingerprint density at radius 3 is 2.86 bits per heavy atom. The Morgan fingerprint density at radius 1 is 1.32 bits per heavy atom. The van der Waals surface area contributed by atoms with Gasteiger partial charge >= 0.3 is 0 Å². The van der Waals surface area contributed by atoms with E-state index in [4.69, 9.17) is 4.74 Å². The molecule has 4 heteroatoms. The third-order valence-corrected chi connectivity index (χ3v) is 4.08. The molecule has 1 fully saturated rings. The average molecular weight is 296 g/mol. The summed E-state index contributed by atoms with van der Waals surface area (Å²) in [6, 6.07) is 10.1. The van der Waals surface area contributed by atoms with Crippen LogP contribution >= 0.6 is 0 Å². The van der Waals surface area contributed by atoms with Gasteiger partial charge in [-0.15, -0.1) is 0 Å². The standard InChI is InChI=1S/C18H20N2O2/c1-22-17-8-3-2-5-14(17)9-13-10-15(12-19-11-13)18(21)20-16-6-4-7-16/h2-3,5,8,10-12,16H,4,6-7,9H2,1H3,(H,20,21). The second-order valence-electron chi connectivity index (χ2n) is 5.67. The number of hydrogen-bond donors (Lipinski definition) is 1. The zero-order valence-electron chi connectivity index (χ0n) is 12.7. The first kappa shape index (κ1) is 14.6. The van der Waals surface area contributed by atoms with Crippen molar-refractivity contribution >= 4 is 5.91 Å². The van der Waals surface area contributed by atoms with Gasteiger partial charge in [0.25, 0.3) is 5.91 Å². The highest BCUT2D eigenvalue weighted by Gasteiger charge is 2.20. The van der Waals surface area contributed by atoms with Crippen molar-refractivity contribution in [2.24, 2.45) is 0 Å². The van der Waals surface area contributed by atoms with Gasteiger partial charge in [-0.1, -0.05) is 18.2 Å².